The summed E-state index contributed by atoms with van der Waals surface area (Å²) in [5, 5.41) is 12.0. The number of carbonyl (C=O) groups is 3. The Balaban J connectivity index is 1.53. The number of Topliss-reactive ketones (excluding diaryl/α,β-unsaturated/α-hetero) is 1. The third-order valence-electron chi connectivity index (χ3n) is 6.83. The SMILES string of the molecule is C=CCOC(=O)c1sc(N2C(=O)C(=O)C(=C(O)c3ccc(OCc4cccc(C)c4)cc3)C2c2ccc(Cl)c(Cl)c2)nc1C. The zero-order chi connectivity index (χ0) is 31.5. The van der Waals surface area contributed by atoms with Gasteiger partial charge in [0.15, 0.2) is 5.13 Å². The van der Waals surface area contributed by atoms with Crippen LogP contribution in [0.2, 0.25) is 10.0 Å². The van der Waals surface area contributed by atoms with E-state index in [0.29, 0.717) is 29.2 Å². The number of nitrogens with zero attached hydrogens (tertiary/aromatic N) is 2. The molecular weight excluding hydrogens is 623 g/mol. The van der Waals surface area contributed by atoms with Crippen LogP contribution < -0.4 is 9.64 Å². The van der Waals surface area contributed by atoms with Gasteiger partial charge in [-0.3, -0.25) is 14.5 Å². The van der Waals surface area contributed by atoms with Gasteiger partial charge >= 0.3 is 11.9 Å². The van der Waals surface area contributed by atoms with Gasteiger partial charge in [0, 0.05) is 5.56 Å². The first kappa shape index (κ1) is 31.0. The molecule has 1 atom stereocenters. The third-order valence-corrected chi connectivity index (χ3v) is 8.70. The highest BCUT2D eigenvalue weighted by molar-refractivity contribution is 7.17. The van der Waals surface area contributed by atoms with Crippen LogP contribution in [0, 0.1) is 13.8 Å². The summed E-state index contributed by atoms with van der Waals surface area (Å²) < 4.78 is 11.0. The molecule has 5 rings (SSSR count). The molecule has 1 N–H and O–H groups in total. The fraction of sp³-hybridized carbons (Fsp3) is 0.152. The van der Waals surface area contributed by atoms with Crippen LogP contribution in [0.5, 0.6) is 5.75 Å². The first-order valence-corrected chi connectivity index (χ1v) is 15.0. The van der Waals surface area contributed by atoms with Gasteiger partial charge in [-0.15, -0.1) is 0 Å². The van der Waals surface area contributed by atoms with E-state index in [2.05, 4.69) is 11.6 Å². The summed E-state index contributed by atoms with van der Waals surface area (Å²) in [7, 11) is 0. The second-order valence-corrected chi connectivity index (χ2v) is 11.7. The Labute approximate surface area is 267 Å². The molecule has 0 aliphatic carbocycles. The molecule has 4 aromatic rings. The molecule has 8 nitrogen and oxygen atoms in total. The number of esters is 1. The van der Waals surface area contributed by atoms with Crippen LogP contribution in [0.25, 0.3) is 5.76 Å². The summed E-state index contributed by atoms with van der Waals surface area (Å²) in [6.07, 6.45) is 1.43. The van der Waals surface area contributed by atoms with E-state index in [9.17, 15) is 19.5 Å². The molecule has 1 amide bonds. The van der Waals surface area contributed by atoms with Crippen molar-refractivity contribution in [2.45, 2.75) is 26.5 Å². The minimum Gasteiger partial charge on any atom is -0.507 e. The van der Waals surface area contributed by atoms with Crippen molar-refractivity contribution in [1.29, 1.82) is 0 Å². The molecule has 1 aliphatic heterocycles. The number of aryl methyl sites for hydroxylation is 2. The largest absolute Gasteiger partial charge is 0.507 e. The van der Waals surface area contributed by atoms with Crippen LogP contribution >= 0.6 is 34.5 Å². The highest BCUT2D eigenvalue weighted by Crippen LogP contribution is 2.45. The lowest BCUT2D eigenvalue weighted by atomic mass is 9.95. The van der Waals surface area contributed by atoms with Crippen LogP contribution in [-0.2, 0) is 20.9 Å². The number of carbonyl (C=O) groups excluding carboxylic acids is 3. The maximum absolute atomic E-state index is 13.5. The summed E-state index contributed by atoms with van der Waals surface area (Å²) in [5.41, 5.74) is 2.96. The number of amides is 1. The lowest BCUT2D eigenvalue weighted by Gasteiger charge is -2.23. The van der Waals surface area contributed by atoms with E-state index in [4.69, 9.17) is 32.7 Å². The second-order valence-electron chi connectivity index (χ2n) is 9.94. The summed E-state index contributed by atoms with van der Waals surface area (Å²) in [6, 6.07) is 18.0. The Kier molecular flexibility index (Phi) is 9.20. The molecule has 1 aromatic heterocycles. The van der Waals surface area contributed by atoms with Crippen molar-refractivity contribution in [2.24, 2.45) is 0 Å². The number of ether oxygens (including phenoxy) is 2. The van der Waals surface area contributed by atoms with E-state index in [1.807, 2.05) is 31.2 Å². The van der Waals surface area contributed by atoms with Gasteiger partial charge in [0.2, 0.25) is 0 Å². The van der Waals surface area contributed by atoms with Gasteiger partial charge < -0.3 is 14.6 Å². The zero-order valence-corrected chi connectivity index (χ0v) is 26.0. The lowest BCUT2D eigenvalue weighted by Crippen LogP contribution is -2.29. The molecule has 1 unspecified atom stereocenters. The van der Waals surface area contributed by atoms with Gasteiger partial charge in [-0.05, 0) is 61.4 Å². The van der Waals surface area contributed by atoms with Gasteiger partial charge in [0.1, 0.15) is 29.6 Å². The van der Waals surface area contributed by atoms with E-state index in [0.717, 1.165) is 27.4 Å². The average Bonchev–Trinajstić information content (AvgIpc) is 3.52. The normalized spacial score (nSPS) is 15.8. The summed E-state index contributed by atoms with van der Waals surface area (Å²) in [4.78, 5) is 45.4. The average molecular weight is 650 g/mol. The molecule has 1 fully saturated rings. The molecule has 0 spiro atoms. The predicted octanol–water partition coefficient (Wildman–Crippen LogP) is 7.61. The number of aliphatic hydroxyl groups excluding tert-OH is 1. The molecule has 44 heavy (non-hydrogen) atoms. The van der Waals surface area contributed by atoms with Crippen LogP contribution in [0.4, 0.5) is 5.13 Å². The van der Waals surface area contributed by atoms with Crippen LogP contribution in [0.3, 0.4) is 0 Å². The van der Waals surface area contributed by atoms with Crippen LogP contribution in [0.15, 0.2) is 85.0 Å². The van der Waals surface area contributed by atoms with Crippen molar-refractivity contribution in [2.75, 3.05) is 11.5 Å². The number of anilines is 1. The van der Waals surface area contributed by atoms with E-state index in [1.165, 1.54) is 18.2 Å². The smallest absolute Gasteiger partial charge is 0.350 e. The molecule has 1 saturated heterocycles. The summed E-state index contributed by atoms with van der Waals surface area (Å²) in [6.45, 7) is 7.48. The van der Waals surface area contributed by atoms with Crippen LogP contribution in [-0.4, -0.2) is 34.4 Å². The first-order valence-electron chi connectivity index (χ1n) is 13.4. The van der Waals surface area contributed by atoms with E-state index in [1.54, 1.807) is 37.3 Å². The second kappa shape index (κ2) is 13.1. The molecule has 224 valence electrons. The fourth-order valence-corrected chi connectivity index (χ4v) is 6.03. The van der Waals surface area contributed by atoms with Gasteiger partial charge in [-0.25, -0.2) is 9.78 Å². The molecule has 0 radical (unpaired) electrons. The number of hydrogen-bond acceptors (Lipinski definition) is 8. The number of rotatable bonds is 9. The molecule has 0 bridgehead atoms. The molecule has 1 aliphatic rings. The number of aromatic nitrogens is 1. The first-order chi connectivity index (χ1) is 21.1. The molecular formula is C33H26Cl2N2O6S. The summed E-state index contributed by atoms with van der Waals surface area (Å²) >= 11 is 13.4. The van der Waals surface area contributed by atoms with Crippen molar-refractivity contribution in [3.8, 4) is 5.75 Å². The quantitative estimate of drug-likeness (QED) is 0.0654. The van der Waals surface area contributed by atoms with Crippen molar-refractivity contribution in [1.82, 2.24) is 4.98 Å². The Hall–Kier alpha value is -4.44. The number of hydrogen-bond donors (Lipinski definition) is 1. The highest BCUT2D eigenvalue weighted by Gasteiger charge is 2.48. The van der Waals surface area contributed by atoms with E-state index in [-0.39, 0.29) is 32.2 Å². The van der Waals surface area contributed by atoms with Crippen molar-refractivity contribution >= 4 is 63.1 Å². The standard InChI is InChI=1S/C33H26Cl2N2O6S/c1-4-14-42-32(41)30-19(3)36-33(44-30)37-27(22-10-13-24(34)25(35)16-22)26(29(39)31(37)40)28(38)21-8-11-23(12-9-21)43-17-20-7-5-6-18(2)15-20/h4-13,15-16,27,38H,1,14,17H2,2-3H3. The minimum atomic E-state index is -1.12. The summed E-state index contributed by atoms with van der Waals surface area (Å²) in [5.74, 6) is -2.34. The van der Waals surface area contributed by atoms with Crippen molar-refractivity contribution in [3.05, 3.63) is 128 Å². The molecule has 3 aromatic carbocycles. The highest BCUT2D eigenvalue weighted by atomic mass is 35.5. The third kappa shape index (κ3) is 6.26. The molecule has 2 heterocycles. The van der Waals surface area contributed by atoms with Crippen molar-refractivity contribution < 1.29 is 29.0 Å². The Morgan fingerprint density at radius 2 is 1.82 bits per heavy atom. The fourth-order valence-electron chi connectivity index (χ4n) is 4.74. The van der Waals surface area contributed by atoms with Gasteiger partial charge in [-0.2, -0.15) is 0 Å². The Morgan fingerprint density at radius 3 is 2.50 bits per heavy atom. The zero-order valence-electron chi connectivity index (χ0n) is 23.7. The van der Waals surface area contributed by atoms with Gasteiger partial charge in [0.25, 0.3) is 5.78 Å². The van der Waals surface area contributed by atoms with Gasteiger partial charge in [-0.1, -0.05) is 83.1 Å². The van der Waals surface area contributed by atoms with E-state index >= 15 is 0 Å². The number of aliphatic hydroxyl groups is 1. The number of halogens is 2. The number of thiazole rings is 1. The van der Waals surface area contributed by atoms with Gasteiger partial charge in [0.05, 0.1) is 27.4 Å². The maximum atomic E-state index is 13.5. The monoisotopic (exact) mass is 648 g/mol. The Bertz CT molecular complexity index is 1820. The van der Waals surface area contributed by atoms with E-state index < -0.39 is 29.5 Å². The van der Waals surface area contributed by atoms with Crippen molar-refractivity contribution in [3.63, 3.8) is 0 Å². The predicted molar refractivity (Wildman–Crippen MR) is 171 cm³/mol. The number of benzene rings is 3. The Morgan fingerprint density at radius 1 is 1.07 bits per heavy atom. The lowest BCUT2D eigenvalue weighted by molar-refractivity contribution is -0.132. The van der Waals surface area contributed by atoms with Crippen LogP contribution in [0.1, 0.15) is 43.7 Å². The maximum Gasteiger partial charge on any atom is 0.350 e. The molecule has 11 heteroatoms. The number of ketones is 1. The minimum absolute atomic E-state index is 0.00491. The molecule has 0 saturated carbocycles. The topological polar surface area (TPSA) is 106 Å².